The third kappa shape index (κ3) is 4.08. The van der Waals surface area contributed by atoms with Crippen LogP contribution in [0.1, 0.15) is 46.1 Å². The van der Waals surface area contributed by atoms with Gasteiger partial charge in [0.25, 0.3) is 11.5 Å². The number of hydrogen-bond acceptors (Lipinski definition) is 6. The van der Waals surface area contributed by atoms with Crippen LogP contribution in [0.2, 0.25) is 0 Å². The molecule has 160 valence electrons. The summed E-state index contributed by atoms with van der Waals surface area (Å²) in [6.07, 6.45) is 5.55. The average molecular weight is 428 g/mol. The summed E-state index contributed by atoms with van der Waals surface area (Å²) in [5.41, 5.74) is 3.12. The van der Waals surface area contributed by atoms with E-state index in [9.17, 15) is 9.59 Å². The first-order valence-corrected chi connectivity index (χ1v) is 11.9. The summed E-state index contributed by atoms with van der Waals surface area (Å²) in [6, 6.07) is 3.75. The minimum absolute atomic E-state index is 0.128. The van der Waals surface area contributed by atoms with E-state index in [0.717, 1.165) is 51.4 Å². The quantitative estimate of drug-likeness (QED) is 0.761. The van der Waals surface area contributed by atoms with Crippen LogP contribution >= 0.6 is 11.3 Å². The molecule has 2 atom stereocenters. The zero-order chi connectivity index (χ0) is 20.5. The lowest BCUT2D eigenvalue weighted by molar-refractivity contribution is 0.0943. The molecule has 0 spiro atoms. The largest absolute Gasteiger partial charge is 0.351 e. The molecule has 2 aromatic heterocycles. The first kappa shape index (κ1) is 19.9. The van der Waals surface area contributed by atoms with Crippen molar-refractivity contribution in [2.24, 2.45) is 5.92 Å². The van der Waals surface area contributed by atoms with Crippen LogP contribution in [0.4, 0.5) is 0 Å². The second-order valence-corrected chi connectivity index (χ2v) is 9.82. The van der Waals surface area contributed by atoms with Gasteiger partial charge in [-0.2, -0.15) is 0 Å². The van der Waals surface area contributed by atoms with Crippen molar-refractivity contribution in [2.75, 3.05) is 39.3 Å². The van der Waals surface area contributed by atoms with E-state index in [1.807, 2.05) is 22.3 Å². The molecule has 0 radical (unpaired) electrons. The van der Waals surface area contributed by atoms with Gasteiger partial charge in [0.1, 0.15) is 5.56 Å². The lowest BCUT2D eigenvalue weighted by Crippen LogP contribution is -2.47. The minimum Gasteiger partial charge on any atom is -0.351 e. The fourth-order valence-electron chi connectivity index (χ4n) is 5.32. The maximum atomic E-state index is 13.1. The molecule has 0 aromatic carbocycles. The van der Waals surface area contributed by atoms with E-state index in [1.54, 1.807) is 17.4 Å². The number of carbonyl (C=O) groups is 1. The van der Waals surface area contributed by atoms with Gasteiger partial charge in [0.2, 0.25) is 0 Å². The van der Waals surface area contributed by atoms with Gasteiger partial charge in [-0.1, -0.05) is 0 Å². The van der Waals surface area contributed by atoms with Gasteiger partial charge in [-0.05, 0) is 50.4 Å². The normalized spacial score (nSPS) is 24.0. The van der Waals surface area contributed by atoms with E-state index in [2.05, 4.69) is 20.1 Å². The molecule has 5 rings (SSSR count). The molecular weight excluding hydrogens is 398 g/mol. The standard InChI is InChI=1S/C22H29N5O2S/c28-21(24-5-8-25-6-1-2-7-25)19-3-4-20-17-9-16(12-27(20)22(19)29)11-26(13-17)14-18-10-23-15-30-18/h3-4,10,15-17H,1-2,5-9,11-14H2,(H,24,28)/t16-,17+/m0/s1. The Morgan fingerprint density at radius 1 is 1.17 bits per heavy atom. The molecule has 3 aliphatic rings. The molecule has 8 heteroatoms. The molecule has 2 saturated heterocycles. The lowest BCUT2D eigenvalue weighted by atomic mass is 9.83. The van der Waals surface area contributed by atoms with Crippen LogP contribution in [0.3, 0.4) is 0 Å². The van der Waals surface area contributed by atoms with Crippen LogP contribution < -0.4 is 10.9 Å². The van der Waals surface area contributed by atoms with Crippen molar-refractivity contribution in [1.82, 2.24) is 24.7 Å². The molecule has 1 amide bonds. The number of carbonyl (C=O) groups excluding carboxylic acids is 1. The molecule has 7 nitrogen and oxygen atoms in total. The molecule has 2 bridgehead atoms. The highest BCUT2D eigenvalue weighted by Crippen LogP contribution is 2.35. The van der Waals surface area contributed by atoms with Crippen LogP contribution in [0.25, 0.3) is 0 Å². The number of amides is 1. The number of nitrogens with one attached hydrogen (secondary N) is 1. The van der Waals surface area contributed by atoms with E-state index in [-0.39, 0.29) is 17.0 Å². The van der Waals surface area contributed by atoms with Gasteiger partial charge in [-0.25, -0.2) is 0 Å². The van der Waals surface area contributed by atoms with E-state index >= 15 is 0 Å². The third-order valence-corrected chi connectivity index (χ3v) is 7.46. The Balaban J connectivity index is 1.27. The molecular formula is C22H29N5O2S. The van der Waals surface area contributed by atoms with E-state index < -0.39 is 0 Å². The van der Waals surface area contributed by atoms with Crippen molar-refractivity contribution < 1.29 is 4.79 Å². The van der Waals surface area contributed by atoms with Crippen molar-refractivity contribution in [3.8, 4) is 0 Å². The fraction of sp³-hybridized carbons (Fsp3) is 0.591. The smallest absolute Gasteiger partial charge is 0.263 e. The minimum atomic E-state index is -0.239. The summed E-state index contributed by atoms with van der Waals surface area (Å²) in [4.78, 5) is 36.1. The summed E-state index contributed by atoms with van der Waals surface area (Å²) in [5, 5.41) is 2.95. The van der Waals surface area contributed by atoms with E-state index in [4.69, 9.17) is 0 Å². The monoisotopic (exact) mass is 427 g/mol. The molecule has 0 aliphatic carbocycles. The van der Waals surface area contributed by atoms with Crippen LogP contribution in [0, 0.1) is 5.92 Å². The van der Waals surface area contributed by atoms with Gasteiger partial charge < -0.3 is 14.8 Å². The Kier molecular flexibility index (Phi) is 5.71. The third-order valence-electron chi connectivity index (χ3n) is 6.70. The van der Waals surface area contributed by atoms with Crippen LogP contribution in [0.5, 0.6) is 0 Å². The predicted octanol–water partition coefficient (Wildman–Crippen LogP) is 1.75. The molecule has 5 heterocycles. The fourth-order valence-corrected chi connectivity index (χ4v) is 5.95. The molecule has 0 saturated carbocycles. The summed E-state index contributed by atoms with van der Waals surface area (Å²) < 4.78 is 1.87. The maximum absolute atomic E-state index is 13.1. The highest BCUT2D eigenvalue weighted by Gasteiger charge is 2.35. The Morgan fingerprint density at radius 3 is 2.83 bits per heavy atom. The van der Waals surface area contributed by atoms with Crippen LogP contribution in [-0.4, -0.2) is 64.5 Å². The van der Waals surface area contributed by atoms with Gasteiger partial charge in [-0.3, -0.25) is 19.5 Å². The zero-order valence-electron chi connectivity index (χ0n) is 17.3. The molecule has 2 aromatic rings. The molecule has 0 unspecified atom stereocenters. The van der Waals surface area contributed by atoms with Gasteiger partial charge in [0, 0.05) is 62.0 Å². The van der Waals surface area contributed by atoms with E-state index in [1.165, 1.54) is 17.7 Å². The number of nitrogens with zero attached hydrogens (tertiary/aromatic N) is 4. The number of likely N-dealkylation sites (tertiary alicyclic amines) is 2. The number of hydrogen-bond donors (Lipinski definition) is 1. The summed E-state index contributed by atoms with van der Waals surface area (Å²) in [7, 11) is 0. The highest BCUT2D eigenvalue weighted by molar-refractivity contribution is 7.09. The first-order chi connectivity index (χ1) is 14.7. The predicted molar refractivity (Wildman–Crippen MR) is 117 cm³/mol. The maximum Gasteiger partial charge on any atom is 0.263 e. The Labute approximate surface area is 180 Å². The average Bonchev–Trinajstić information content (AvgIpc) is 3.43. The van der Waals surface area contributed by atoms with Crippen LogP contribution in [0.15, 0.2) is 28.6 Å². The van der Waals surface area contributed by atoms with Gasteiger partial charge in [0.15, 0.2) is 0 Å². The zero-order valence-corrected chi connectivity index (χ0v) is 18.1. The van der Waals surface area contributed by atoms with Crippen molar-refractivity contribution in [2.45, 2.75) is 38.3 Å². The molecule has 3 aliphatic heterocycles. The second-order valence-electron chi connectivity index (χ2n) is 8.85. The number of thiazole rings is 1. The van der Waals surface area contributed by atoms with Gasteiger partial charge >= 0.3 is 0 Å². The van der Waals surface area contributed by atoms with Crippen LogP contribution in [-0.2, 0) is 13.1 Å². The van der Waals surface area contributed by atoms with Crippen molar-refractivity contribution in [3.63, 3.8) is 0 Å². The van der Waals surface area contributed by atoms with Gasteiger partial charge in [-0.15, -0.1) is 11.3 Å². The number of rotatable bonds is 6. The molecule has 30 heavy (non-hydrogen) atoms. The lowest BCUT2D eigenvalue weighted by Gasteiger charge is -2.42. The van der Waals surface area contributed by atoms with Crippen molar-refractivity contribution in [1.29, 1.82) is 0 Å². The summed E-state index contributed by atoms with van der Waals surface area (Å²) >= 11 is 1.70. The summed E-state index contributed by atoms with van der Waals surface area (Å²) in [5.74, 6) is 0.567. The molecule has 2 fully saturated rings. The van der Waals surface area contributed by atoms with Crippen molar-refractivity contribution in [3.05, 3.63) is 50.3 Å². The van der Waals surface area contributed by atoms with E-state index in [0.29, 0.717) is 24.9 Å². The summed E-state index contributed by atoms with van der Waals surface area (Å²) in [6.45, 7) is 7.26. The number of piperidine rings is 1. The Hall–Kier alpha value is -2.03. The topological polar surface area (TPSA) is 70.5 Å². The molecule has 1 N–H and O–H groups in total. The number of fused-ring (bicyclic) bond motifs is 4. The number of aromatic nitrogens is 2. The Morgan fingerprint density at radius 2 is 2.03 bits per heavy atom. The Bertz CT molecular complexity index is 951. The number of pyridine rings is 1. The first-order valence-electron chi connectivity index (χ1n) is 11.0. The van der Waals surface area contributed by atoms with Gasteiger partial charge in [0.05, 0.1) is 5.51 Å². The van der Waals surface area contributed by atoms with Crippen molar-refractivity contribution >= 4 is 17.2 Å². The SMILES string of the molecule is O=C(NCCN1CCCC1)c1ccc2n(c1=O)C[C@H]1C[C@@H]2CN(Cc2cncs2)C1. The highest BCUT2D eigenvalue weighted by atomic mass is 32.1. The second kappa shape index (κ2) is 8.61.